The van der Waals surface area contributed by atoms with E-state index in [0.717, 1.165) is 32.1 Å². The van der Waals surface area contributed by atoms with Gasteiger partial charge in [0.2, 0.25) is 5.91 Å². The monoisotopic (exact) mass is 455 g/mol. The molecular weight excluding hydrogens is 398 g/mol. The number of rotatable bonds is 25. The van der Waals surface area contributed by atoms with E-state index in [4.69, 9.17) is 0 Å². The van der Waals surface area contributed by atoms with Crippen LogP contribution in [0.25, 0.3) is 0 Å². The van der Waals surface area contributed by atoms with E-state index >= 15 is 0 Å². The second-order valence-corrected chi connectivity index (χ2v) is 9.89. The Kier molecular flexibility index (Phi) is 24.5. The van der Waals surface area contributed by atoms with Crippen LogP contribution in [0.15, 0.2) is 0 Å². The highest BCUT2D eigenvalue weighted by Crippen LogP contribution is 2.14. The molecule has 0 spiro atoms. The van der Waals surface area contributed by atoms with Crippen molar-refractivity contribution in [1.29, 1.82) is 0 Å². The number of hydrogen-bond acceptors (Lipinski definition) is 3. The summed E-state index contributed by atoms with van der Waals surface area (Å²) >= 11 is 0. The van der Waals surface area contributed by atoms with E-state index < -0.39 is 6.10 Å². The molecule has 0 heterocycles. The standard InChI is InChI=1S/C28H57NO3/c1-3-5-7-9-11-13-14-15-17-19-21-23-28(32)29-26(25-30)24-27(31)22-20-18-16-12-10-8-6-4-2/h26-27,30-31H,3-25H2,1-2H3,(H,29,32)/t26-,27?/m1/s1. The van der Waals surface area contributed by atoms with Gasteiger partial charge in [-0.05, 0) is 19.3 Å². The third kappa shape index (κ3) is 22.6. The Labute approximate surface area is 200 Å². The van der Waals surface area contributed by atoms with Crippen molar-refractivity contribution >= 4 is 5.91 Å². The van der Waals surface area contributed by atoms with E-state index in [1.807, 2.05) is 0 Å². The van der Waals surface area contributed by atoms with Crippen LogP contribution in [0.2, 0.25) is 0 Å². The van der Waals surface area contributed by atoms with Gasteiger partial charge in [-0.25, -0.2) is 0 Å². The van der Waals surface area contributed by atoms with Gasteiger partial charge in [-0.1, -0.05) is 129 Å². The van der Waals surface area contributed by atoms with E-state index in [-0.39, 0.29) is 18.6 Å². The van der Waals surface area contributed by atoms with Crippen LogP contribution in [-0.2, 0) is 4.79 Å². The molecule has 0 saturated heterocycles. The van der Waals surface area contributed by atoms with Gasteiger partial charge >= 0.3 is 0 Å². The SMILES string of the molecule is CCCCCCCCCCCCCC(=O)N[C@@H](CO)CC(O)CCCCCCCCCC. The molecule has 3 N–H and O–H groups in total. The summed E-state index contributed by atoms with van der Waals surface area (Å²) in [6.07, 6.45) is 25.4. The zero-order valence-corrected chi connectivity index (χ0v) is 21.7. The van der Waals surface area contributed by atoms with Gasteiger partial charge in [-0.15, -0.1) is 0 Å². The van der Waals surface area contributed by atoms with Crippen molar-refractivity contribution in [2.45, 2.75) is 167 Å². The smallest absolute Gasteiger partial charge is 0.220 e. The first-order valence-electron chi connectivity index (χ1n) is 14.2. The van der Waals surface area contributed by atoms with E-state index in [1.165, 1.54) is 96.3 Å². The molecule has 32 heavy (non-hydrogen) atoms. The fraction of sp³-hybridized carbons (Fsp3) is 0.964. The van der Waals surface area contributed by atoms with Crippen molar-refractivity contribution in [2.24, 2.45) is 0 Å². The second kappa shape index (κ2) is 25.0. The first-order valence-corrected chi connectivity index (χ1v) is 14.2. The predicted molar refractivity (Wildman–Crippen MR) is 138 cm³/mol. The highest BCUT2D eigenvalue weighted by atomic mass is 16.3. The van der Waals surface area contributed by atoms with Gasteiger partial charge in [-0.3, -0.25) is 4.79 Å². The normalized spacial score (nSPS) is 13.2. The fourth-order valence-electron chi connectivity index (χ4n) is 4.39. The Morgan fingerprint density at radius 1 is 0.656 bits per heavy atom. The molecule has 0 aliphatic heterocycles. The molecule has 0 aromatic carbocycles. The Balaban J connectivity index is 3.60. The van der Waals surface area contributed by atoms with E-state index in [9.17, 15) is 15.0 Å². The van der Waals surface area contributed by atoms with Crippen LogP contribution in [-0.4, -0.2) is 34.9 Å². The average Bonchev–Trinajstić information content (AvgIpc) is 2.78. The van der Waals surface area contributed by atoms with Crippen LogP contribution in [0.4, 0.5) is 0 Å². The maximum absolute atomic E-state index is 12.2. The van der Waals surface area contributed by atoms with Crippen molar-refractivity contribution in [3.05, 3.63) is 0 Å². The zero-order chi connectivity index (χ0) is 23.7. The number of carbonyl (C=O) groups is 1. The van der Waals surface area contributed by atoms with Crippen LogP contribution in [0, 0.1) is 0 Å². The minimum Gasteiger partial charge on any atom is -0.394 e. The van der Waals surface area contributed by atoms with Gasteiger partial charge in [0, 0.05) is 6.42 Å². The molecule has 4 nitrogen and oxygen atoms in total. The van der Waals surface area contributed by atoms with Crippen molar-refractivity contribution in [1.82, 2.24) is 5.32 Å². The summed E-state index contributed by atoms with van der Waals surface area (Å²) in [7, 11) is 0. The molecule has 0 rings (SSSR count). The number of aliphatic hydroxyl groups is 2. The van der Waals surface area contributed by atoms with Crippen LogP contribution >= 0.6 is 0 Å². The molecule has 1 unspecified atom stereocenters. The quantitative estimate of drug-likeness (QED) is 0.125. The number of amides is 1. The van der Waals surface area contributed by atoms with Gasteiger partial charge in [0.25, 0.3) is 0 Å². The molecule has 0 bridgehead atoms. The predicted octanol–water partition coefficient (Wildman–Crippen LogP) is 7.45. The number of carbonyl (C=O) groups excluding carboxylic acids is 1. The Hall–Kier alpha value is -0.610. The number of unbranched alkanes of at least 4 members (excludes halogenated alkanes) is 17. The Morgan fingerprint density at radius 2 is 1.06 bits per heavy atom. The third-order valence-electron chi connectivity index (χ3n) is 6.54. The van der Waals surface area contributed by atoms with Crippen molar-refractivity contribution in [3.63, 3.8) is 0 Å². The highest BCUT2D eigenvalue weighted by molar-refractivity contribution is 5.76. The molecule has 0 aliphatic rings. The second-order valence-electron chi connectivity index (χ2n) is 9.89. The number of aliphatic hydroxyl groups excluding tert-OH is 2. The molecule has 192 valence electrons. The molecule has 0 aliphatic carbocycles. The maximum Gasteiger partial charge on any atom is 0.220 e. The number of nitrogens with one attached hydrogen (secondary N) is 1. The van der Waals surface area contributed by atoms with Gasteiger partial charge in [0.1, 0.15) is 0 Å². The average molecular weight is 456 g/mol. The highest BCUT2D eigenvalue weighted by Gasteiger charge is 2.16. The van der Waals surface area contributed by atoms with Gasteiger partial charge < -0.3 is 15.5 Å². The summed E-state index contributed by atoms with van der Waals surface area (Å²) in [4.78, 5) is 12.2. The topological polar surface area (TPSA) is 69.6 Å². The lowest BCUT2D eigenvalue weighted by Gasteiger charge is -2.20. The first kappa shape index (κ1) is 31.4. The molecule has 0 aromatic heterocycles. The zero-order valence-electron chi connectivity index (χ0n) is 21.7. The van der Waals surface area contributed by atoms with E-state index in [0.29, 0.717) is 12.8 Å². The summed E-state index contributed by atoms with van der Waals surface area (Å²) in [5, 5.41) is 22.7. The lowest BCUT2D eigenvalue weighted by Crippen LogP contribution is -2.39. The van der Waals surface area contributed by atoms with Gasteiger partial charge in [0.15, 0.2) is 0 Å². The van der Waals surface area contributed by atoms with Crippen LogP contribution in [0.1, 0.15) is 155 Å². The van der Waals surface area contributed by atoms with Gasteiger partial charge in [0.05, 0.1) is 18.8 Å². The van der Waals surface area contributed by atoms with Crippen LogP contribution < -0.4 is 5.32 Å². The molecule has 0 radical (unpaired) electrons. The summed E-state index contributed by atoms with van der Waals surface area (Å²) < 4.78 is 0. The van der Waals surface area contributed by atoms with E-state index in [2.05, 4.69) is 19.2 Å². The molecule has 2 atom stereocenters. The molecule has 0 aromatic rings. The van der Waals surface area contributed by atoms with Crippen molar-refractivity contribution in [2.75, 3.05) is 6.61 Å². The van der Waals surface area contributed by atoms with Crippen LogP contribution in [0.5, 0.6) is 0 Å². The summed E-state index contributed by atoms with van der Waals surface area (Å²) in [5.74, 6) is 0.0132. The molecular formula is C28H57NO3. The molecule has 1 amide bonds. The summed E-state index contributed by atoms with van der Waals surface area (Å²) in [5.41, 5.74) is 0. The van der Waals surface area contributed by atoms with Crippen molar-refractivity contribution in [3.8, 4) is 0 Å². The minimum atomic E-state index is -0.436. The lowest BCUT2D eigenvalue weighted by molar-refractivity contribution is -0.122. The lowest BCUT2D eigenvalue weighted by atomic mass is 10.0. The first-order chi connectivity index (χ1) is 15.6. The number of hydrogen-bond donors (Lipinski definition) is 3. The minimum absolute atomic E-state index is 0.0132. The van der Waals surface area contributed by atoms with E-state index in [1.54, 1.807) is 0 Å². The van der Waals surface area contributed by atoms with Crippen molar-refractivity contribution < 1.29 is 15.0 Å². The Morgan fingerprint density at radius 3 is 1.50 bits per heavy atom. The maximum atomic E-state index is 12.2. The summed E-state index contributed by atoms with van der Waals surface area (Å²) in [6.45, 7) is 4.40. The fourth-order valence-corrected chi connectivity index (χ4v) is 4.39. The van der Waals surface area contributed by atoms with Crippen LogP contribution in [0.3, 0.4) is 0 Å². The molecule has 0 fully saturated rings. The van der Waals surface area contributed by atoms with Gasteiger partial charge in [-0.2, -0.15) is 0 Å². The third-order valence-corrected chi connectivity index (χ3v) is 6.54. The molecule has 0 saturated carbocycles. The largest absolute Gasteiger partial charge is 0.394 e. The summed E-state index contributed by atoms with van der Waals surface area (Å²) in [6, 6.07) is -0.320. The molecule has 4 heteroatoms. The Bertz CT molecular complexity index is 389.